The molecule has 2 rings (SSSR count). The minimum Gasteiger partial charge on any atom is -0.455 e. The monoisotopic (exact) mass is 304 g/mol. The summed E-state index contributed by atoms with van der Waals surface area (Å²) in [6, 6.07) is 11.5. The number of hydrogen-bond acceptors (Lipinski definition) is 2. The van der Waals surface area contributed by atoms with E-state index >= 15 is 0 Å². The van der Waals surface area contributed by atoms with E-state index in [4.69, 9.17) is 21.4 Å². The van der Waals surface area contributed by atoms with Crippen molar-refractivity contribution in [3.05, 3.63) is 58.1 Å². The summed E-state index contributed by atoms with van der Waals surface area (Å²) in [5, 5.41) is 9.63. The lowest BCUT2D eigenvalue weighted by Gasteiger charge is -2.23. The first kappa shape index (κ1) is 15.9. The summed E-state index contributed by atoms with van der Waals surface area (Å²) in [6.07, 6.45) is 0. The van der Waals surface area contributed by atoms with Crippen molar-refractivity contribution in [3.8, 4) is 11.5 Å². The summed E-state index contributed by atoms with van der Waals surface area (Å²) in [7, 11) is 0. The lowest BCUT2D eigenvalue weighted by atomic mass is 9.85. The number of aryl methyl sites for hydroxylation is 1. The van der Waals surface area contributed by atoms with Gasteiger partial charge in [-0.15, -0.1) is 0 Å². The molecule has 0 amide bonds. The summed E-state index contributed by atoms with van der Waals surface area (Å²) in [4.78, 5) is 0. The zero-order chi connectivity index (χ0) is 15.6. The number of aliphatic hydroxyl groups excluding tert-OH is 1. The van der Waals surface area contributed by atoms with Gasteiger partial charge in [-0.05, 0) is 36.1 Å². The number of benzene rings is 2. The van der Waals surface area contributed by atoms with Crippen LogP contribution in [0.1, 0.15) is 37.5 Å². The average molecular weight is 305 g/mol. The third kappa shape index (κ3) is 3.78. The van der Waals surface area contributed by atoms with E-state index in [2.05, 4.69) is 33.8 Å². The molecule has 0 fully saturated rings. The van der Waals surface area contributed by atoms with Crippen LogP contribution in [0.25, 0.3) is 0 Å². The highest BCUT2D eigenvalue weighted by Gasteiger charge is 2.20. The molecule has 0 aromatic heterocycles. The molecule has 0 radical (unpaired) electrons. The fourth-order valence-corrected chi connectivity index (χ4v) is 2.40. The van der Waals surface area contributed by atoms with Crippen LogP contribution in [0, 0.1) is 6.92 Å². The molecule has 0 aliphatic rings. The highest BCUT2D eigenvalue weighted by molar-refractivity contribution is 6.32. The first-order chi connectivity index (χ1) is 9.81. The van der Waals surface area contributed by atoms with Crippen LogP contribution in [0.5, 0.6) is 11.5 Å². The van der Waals surface area contributed by atoms with Crippen molar-refractivity contribution < 1.29 is 9.84 Å². The smallest absolute Gasteiger partial charge is 0.146 e. The zero-order valence-corrected chi connectivity index (χ0v) is 13.7. The predicted molar refractivity (Wildman–Crippen MR) is 87.3 cm³/mol. The third-order valence-electron chi connectivity index (χ3n) is 3.34. The molecule has 0 aliphatic heterocycles. The molecule has 0 saturated heterocycles. The van der Waals surface area contributed by atoms with Gasteiger partial charge in [-0.3, -0.25) is 0 Å². The summed E-state index contributed by atoms with van der Waals surface area (Å²) < 4.78 is 6.01. The highest BCUT2D eigenvalue weighted by Crippen LogP contribution is 2.37. The van der Waals surface area contributed by atoms with Crippen molar-refractivity contribution in [1.29, 1.82) is 0 Å². The van der Waals surface area contributed by atoms with Crippen LogP contribution >= 0.6 is 11.6 Å². The van der Waals surface area contributed by atoms with Gasteiger partial charge in [0.05, 0.1) is 11.6 Å². The van der Waals surface area contributed by atoms with E-state index in [1.165, 1.54) is 5.56 Å². The van der Waals surface area contributed by atoms with Crippen LogP contribution in [-0.4, -0.2) is 5.11 Å². The Hall–Kier alpha value is -1.51. The van der Waals surface area contributed by atoms with E-state index < -0.39 is 0 Å². The number of aliphatic hydroxyl groups is 1. The van der Waals surface area contributed by atoms with Crippen molar-refractivity contribution in [3.63, 3.8) is 0 Å². The molecule has 2 nitrogen and oxygen atoms in total. The molecule has 0 aliphatic carbocycles. The maximum absolute atomic E-state index is 9.12. The molecule has 0 bridgehead atoms. The quantitative estimate of drug-likeness (QED) is 0.841. The molecular formula is C18H21ClO2. The summed E-state index contributed by atoms with van der Waals surface area (Å²) in [5.41, 5.74) is 3.10. The van der Waals surface area contributed by atoms with E-state index in [9.17, 15) is 0 Å². The lowest BCUT2D eigenvalue weighted by molar-refractivity contribution is 0.281. The Morgan fingerprint density at radius 2 is 1.71 bits per heavy atom. The van der Waals surface area contributed by atoms with Gasteiger partial charge in [-0.2, -0.15) is 0 Å². The molecule has 3 heteroatoms. The second-order valence-electron chi connectivity index (χ2n) is 6.27. The van der Waals surface area contributed by atoms with Gasteiger partial charge in [0.2, 0.25) is 0 Å². The van der Waals surface area contributed by atoms with Crippen molar-refractivity contribution in [2.75, 3.05) is 0 Å². The second kappa shape index (κ2) is 6.08. The summed E-state index contributed by atoms with van der Waals surface area (Å²) in [5.74, 6) is 1.41. The summed E-state index contributed by atoms with van der Waals surface area (Å²) >= 11 is 6.22. The topological polar surface area (TPSA) is 29.5 Å². The lowest BCUT2D eigenvalue weighted by Crippen LogP contribution is -2.12. The molecular weight excluding hydrogens is 284 g/mol. The maximum Gasteiger partial charge on any atom is 0.146 e. The Balaban J connectivity index is 2.40. The fourth-order valence-electron chi connectivity index (χ4n) is 2.16. The number of halogens is 1. The Labute approximate surface area is 131 Å². The largest absolute Gasteiger partial charge is 0.455 e. The van der Waals surface area contributed by atoms with E-state index in [-0.39, 0.29) is 12.0 Å². The molecule has 0 atom stereocenters. The van der Waals surface area contributed by atoms with Gasteiger partial charge >= 0.3 is 0 Å². The van der Waals surface area contributed by atoms with Crippen LogP contribution in [-0.2, 0) is 12.0 Å². The Kier molecular flexibility index (Phi) is 4.60. The van der Waals surface area contributed by atoms with Gasteiger partial charge < -0.3 is 9.84 Å². The Bertz CT molecular complexity index is 642. The minimum atomic E-state index is -0.0300. The van der Waals surface area contributed by atoms with Gasteiger partial charge in [-0.25, -0.2) is 0 Å². The van der Waals surface area contributed by atoms with Crippen molar-refractivity contribution in [2.45, 2.75) is 39.7 Å². The van der Waals surface area contributed by atoms with Crippen LogP contribution in [0.3, 0.4) is 0 Å². The molecule has 0 heterocycles. The van der Waals surface area contributed by atoms with Crippen molar-refractivity contribution in [1.82, 2.24) is 0 Å². The van der Waals surface area contributed by atoms with E-state index in [0.29, 0.717) is 10.8 Å². The average Bonchev–Trinajstić information content (AvgIpc) is 2.41. The molecule has 112 valence electrons. The molecule has 21 heavy (non-hydrogen) atoms. The fraction of sp³-hybridized carbons (Fsp3) is 0.333. The molecule has 2 aromatic carbocycles. The number of rotatable bonds is 3. The van der Waals surface area contributed by atoms with Gasteiger partial charge in [0.25, 0.3) is 0 Å². The van der Waals surface area contributed by atoms with Crippen LogP contribution in [0.2, 0.25) is 5.02 Å². The van der Waals surface area contributed by atoms with E-state index in [1.54, 1.807) is 12.1 Å². The SMILES string of the molecule is Cc1ccc(Oc2ccc(CO)cc2Cl)c(C(C)(C)C)c1. The van der Waals surface area contributed by atoms with Gasteiger partial charge in [0.15, 0.2) is 0 Å². The number of hydrogen-bond donors (Lipinski definition) is 1. The first-order valence-corrected chi connectivity index (χ1v) is 7.37. The predicted octanol–water partition coefficient (Wildman–Crippen LogP) is 5.23. The van der Waals surface area contributed by atoms with Gasteiger partial charge in [-0.1, -0.05) is 56.1 Å². The normalized spacial score (nSPS) is 11.5. The molecule has 1 N–H and O–H groups in total. The molecule has 0 unspecified atom stereocenters. The zero-order valence-electron chi connectivity index (χ0n) is 12.9. The van der Waals surface area contributed by atoms with Crippen LogP contribution in [0.15, 0.2) is 36.4 Å². The Morgan fingerprint density at radius 3 is 2.29 bits per heavy atom. The Morgan fingerprint density at radius 1 is 1.05 bits per heavy atom. The van der Waals surface area contributed by atoms with Gasteiger partial charge in [0, 0.05) is 5.56 Å². The van der Waals surface area contributed by atoms with Gasteiger partial charge in [0.1, 0.15) is 11.5 Å². The van der Waals surface area contributed by atoms with E-state index in [1.807, 2.05) is 18.2 Å². The minimum absolute atomic E-state index is 0.0150. The number of ether oxygens (including phenoxy) is 1. The third-order valence-corrected chi connectivity index (χ3v) is 3.64. The van der Waals surface area contributed by atoms with Crippen LogP contribution < -0.4 is 4.74 Å². The molecule has 0 spiro atoms. The summed E-state index contributed by atoms with van der Waals surface area (Å²) in [6.45, 7) is 8.51. The van der Waals surface area contributed by atoms with E-state index in [0.717, 1.165) is 16.9 Å². The van der Waals surface area contributed by atoms with Crippen molar-refractivity contribution >= 4 is 11.6 Å². The molecule has 0 saturated carbocycles. The highest BCUT2D eigenvalue weighted by atomic mass is 35.5. The molecule has 2 aromatic rings. The second-order valence-corrected chi connectivity index (χ2v) is 6.68. The maximum atomic E-state index is 9.12. The first-order valence-electron chi connectivity index (χ1n) is 6.99. The van der Waals surface area contributed by atoms with Crippen LogP contribution in [0.4, 0.5) is 0 Å². The standard InChI is InChI=1S/C18H21ClO2/c1-12-5-7-16(14(9-12)18(2,3)4)21-17-8-6-13(11-20)10-15(17)19/h5-10,20H,11H2,1-4H3. The van der Waals surface area contributed by atoms with Crippen molar-refractivity contribution in [2.24, 2.45) is 0 Å².